The molecule has 0 amide bonds. The van der Waals surface area contributed by atoms with Gasteiger partial charge in [0.2, 0.25) is 5.88 Å². The average Bonchev–Trinajstić information content (AvgIpc) is 2.51. The third-order valence-corrected chi connectivity index (χ3v) is 2.86. The van der Waals surface area contributed by atoms with E-state index in [1.165, 1.54) is 0 Å². The zero-order chi connectivity index (χ0) is 13.9. The monoisotopic (exact) mass is 262 g/mol. The second-order valence-corrected chi connectivity index (χ2v) is 4.12. The Hall–Kier alpha value is -3.13. The third-order valence-electron chi connectivity index (χ3n) is 2.86. The Labute approximate surface area is 115 Å². The summed E-state index contributed by atoms with van der Waals surface area (Å²) in [6.07, 6.45) is 3.25. The number of anilines is 1. The molecular weight excluding hydrogens is 252 g/mol. The molecule has 2 heterocycles. The van der Waals surface area contributed by atoms with E-state index in [0.717, 1.165) is 5.39 Å². The molecule has 0 aliphatic carbocycles. The van der Waals surface area contributed by atoms with E-state index < -0.39 is 0 Å². The van der Waals surface area contributed by atoms with Crippen molar-refractivity contribution in [1.29, 1.82) is 5.26 Å². The minimum atomic E-state index is 0.268. The van der Waals surface area contributed by atoms with Crippen molar-refractivity contribution in [3.8, 4) is 17.7 Å². The number of ether oxygens (including phenoxy) is 1. The first kappa shape index (κ1) is 11.9. The van der Waals surface area contributed by atoms with Gasteiger partial charge in [0.25, 0.3) is 0 Å². The number of hydrogen-bond acceptors (Lipinski definition) is 5. The molecule has 5 heteroatoms. The fourth-order valence-electron chi connectivity index (χ4n) is 1.92. The standard InChI is InChI=1S/C15H10N4O/c16-9-10-3-1-8-19-15(10)20-13-6-5-12(17)14-11(13)4-2-7-18-14/h1-8H,17H2. The van der Waals surface area contributed by atoms with E-state index >= 15 is 0 Å². The van der Waals surface area contributed by atoms with Gasteiger partial charge in [0, 0.05) is 17.8 Å². The van der Waals surface area contributed by atoms with Gasteiger partial charge in [0.15, 0.2) is 0 Å². The Morgan fingerprint density at radius 2 is 1.85 bits per heavy atom. The van der Waals surface area contributed by atoms with Gasteiger partial charge in [-0.05, 0) is 36.4 Å². The zero-order valence-corrected chi connectivity index (χ0v) is 10.4. The van der Waals surface area contributed by atoms with Crippen LogP contribution in [0.2, 0.25) is 0 Å². The molecular formula is C15H10N4O. The van der Waals surface area contributed by atoms with Crippen molar-refractivity contribution in [3.63, 3.8) is 0 Å². The van der Waals surface area contributed by atoms with Gasteiger partial charge in [0.1, 0.15) is 17.4 Å². The van der Waals surface area contributed by atoms with Crippen LogP contribution in [0.3, 0.4) is 0 Å². The summed E-state index contributed by atoms with van der Waals surface area (Å²) >= 11 is 0. The van der Waals surface area contributed by atoms with Crippen LogP contribution in [-0.2, 0) is 0 Å². The molecule has 0 radical (unpaired) electrons. The van der Waals surface area contributed by atoms with Crippen LogP contribution in [0, 0.1) is 11.3 Å². The predicted molar refractivity (Wildman–Crippen MR) is 75.2 cm³/mol. The summed E-state index contributed by atoms with van der Waals surface area (Å²) in [6, 6.07) is 12.5. The van der Waals surface area contributed by atoms with E-state index in [1.54, 1.807) is 42.7 Å². The molecule has 3 aromatic rings. The number of hydrogen-bond donors (Lipinski definition) is 1. The van der Waals surface area contributed by atoms with Crippen LogP contribution in [0.1, 0.15) is 5.56 Å². The second kappa shape index (κ2) is 4.86. The number of nitrogens with zero attached hydrogens (tertiary/aromatic N) is 3. The number of benzene rings is 1. The Bertz CT molecular complexity index is 823. The number of nitrogens with two attached hydrogens (primary N) is 1. The largest absolute Gasteiger partial charge is 0.437 e. The van der Waals surface area contributed by atoms with Crippen LogP contribution in [0.5, 0.6) is 11.6 Å². The topological polar surface area (TPSA) is 84.8 Å². The smallest absolute Gasteiger partial charge is 0.237 e. The van der Waals surface area contributed by atoms with Crippen LogP contribution in [0.25, 0.3) is 10.9 Å². The highest BCUT2D eigenvalue weighted by atomic mass is 16.5. The number of pyridine rings is 2. The Morgan fingerprint density at radius 3 is 2.70 bits per heavy atom. The summed E-state index contributed by atoms with van der Waals surface area (Å²) < 4.78 is 5.74. The SMILES string of the molecule is N#Cc1cccnc1Oc1ccc(N)c2ncccc12. The molecule has 0 fully saturated rings. The van der Waals surface area contributed by atoms with Crippen molar-refractivity contribution < 1.29 is 4.74 Å². The van der Waals surface area contributed by atoms with Crippen LogP contribution < -0.4 is 10.5 Å². The molecule has 5 nitrogen and oxygen atoms in total. The number of aromatic nitrogens is 2. The van der Waals surface area contributed by atoms with Gasteiger partial charge in [-0.3, -0.25) is 4.98 Å². The first-order valence-corrected chi connectivity index (χ1v) is 5.96. The van der Waals surface area contributed by atoms with Gasteiger partial charge in [-0.2, -0.15) is 5.26 Å². The lowest BCUT2D eigenvalue weighted by Crippen LogP contribution is -1.95. The lowest BCUT2D eigenvalue weighted by molar-refractivity contribution is 0.466. The lowest BCUT2D eigenvalue weighted by Gasteiger charge is -2.09. The first-order valence-electron chi connectivity index (χ1n) is 5.96. The maximum Gasteiger partial charge on any atom is 0.237 e. The third kappa shape index (κ3) is 1.99. The van der Waals surface area contributed by atoms with Gasteiger partial charge in [0.05, 0.1) is 11.2 Å². The van der Waals surface area contributed by atoms with E-state index in [1.807, 2.05) is 12.1 Å². The molecule has 0 aliphatic heterocycles. The normalized spacial score (nSPS) is 10.2. The Balaban J connectivity index is 2.12. The Morgan fingerprint density at radius 1 is 1.05 bits per heavy atom. The molecule has 2 N–H and O–H groups in total. The second-order valence-electron chi connectivity index (χ2n) is 4.12. The molecule has 0 bridgehead atoms. The molecule has 0 saturated heterocycles. The van der Waals surface area contributed by atoms with Crippen molar-refractivity contribution in [3.05, 3.63) is 54.4 Å². The lowest BCUT2D eigenvalue weighted by atomic mass is 10.1. The highest BCUT2D eigenvalue weighted by Gasteiger charge is 2.10. The maximum absolute atomic E-state index is 9.05. The van der Waals surface area contributed by atoms with Gasteiger partial charge >= 0.3 is 0 Å². The van der Waals surface area contributed by atoms with Crippen molar-refractivity contribution in [2.75, 3.05) is 5.73 Å². The van der Waals surface area contributed by atoms with Crippen molar-refractivity contribution in [1.82, 2.24) is 9.97 Å². The summed E-state index contributed by atoms with van der Waals surface area (Å²) in [5.41, 5.74) is 7.51. The van der Waals surface area contributed by atoms with Crippen LogP contribution in [-0.4, -0.2) is 9.97 Å². The molecule has 20 heavy (non-hydrogen) atoms. The molecule has 0 unspecified atom stereocenters. The van der Waals surface area contributed by atoms with E-state index in [0.29, 0.717) is 22.5 Å². The molecule has 2 aromatic heterocycles. The van der Waals surface area contributed by atoms with Crippen LogP contribution in [0.15, 0.2) is 48.8 Å². The molecule has 0 saturated carbocycles. The zero-order valence-electron chi connectivity index (χ0n) is 10.4. The number of nitrogen functional groups attached to an aromatic ring is 1. The molecule has 0 aliphatic rings. The van der Waals surface area contributed by atoms with Crippen LogP contribution >= 0.6 is 0 Å². The summed E-state index contributed by atoms with van der Waals surface area (Å²) in [5.74, 6) is 0.836. The fourth-order valence-corrected chi connectivity index (χ4v) is 1.92. The van der Waals surface area contributed by atoms with Gasteiger partial charge in [-0.1, -0.05) is 0 Å². The van der Waals surface area contributed by atoms with E-state index in [2.05, 4.69) is 9.97 Å². The van der Waals surface area contributed by atoms with Crippen molar-refractivity contribution in [2.24, 2.45) is 0 Å². The highest BCUT2D eigenvalue weighted by Crippen LogP contribution is 2.32. The highest BCUT2D eigenvalue weighted by molar-refractivity contribution is 5.93. The summed E-state index contributed by atoms with van der Waals surface area (Å²) in [6.45, 7) is 0. The number of rotatable bonds is 2. The maximum atomic E-state index is 9.05. The summed E-state index contributed by atoms with van der Waals surface area (Å²) in [7, 11) is 0. The van der Waals surface area contributed by atoms with Gasteiger partial charge in [-0.25, -0.2) is 4.98 Å². The average molecular weight is 262 g/mol. The fraction of sp³-hybridized carbons (Fsp3) is 0. The van der Waals surface area contributed by atoms with Crippen molar-refractivity contribution >= 4 is 16.6 Å². The molecule has 1 aromatic carbocycles. The number of nitriles is 1. The molecule has 96 valence electrons. The van der Waals surface area contributed by atoms with Crippen LogP contribution in [0.4, 0.5) is 5.69 Å². The summed E-state index contributed by atoms with van der Waals surface area (Å²) in [4.78, 5) is 8.31. The van der Waals surface area contributed by atoms with Gasteiger partial charge in [-0.15, -0.1) is 0 Å². The first-order chi connectivity index (χ1) is 9.79. The minimum Gasteiger partial charge on any atom is -0.437 e. The molecule has 0 atom stereocenters. The quantitative estimate of drug-likeness (QED) is 0.718. The van der Waals surface area contributed by atoms with E-state index in [-0.39, 0.29) is 5.88 Å². The molecule has 3 rings (SSSR count). The van der Waals surface area contributed by atoms with Gasteiger partial charge < -0.3 is 10.5 Å². The summed E-state index contributed by atoms with van der Waals surface area (Å²) in [5, 5.41) is 9.83. The van der Waals surface area contributed by atoms with Crippen molar-refractivity contribution in [2.45, 2.75) is 0 Å². The van der Waals surface area contributed by atoms with E-state index in [9.17, 15) is 0 Å². The van der Waals surface area contributed by atoms with E-state index in [4.69, 9.17) is 15.7 Å². The molecule has 0 spiro atoms. The minimum absolute atomic E-state index is 0.268. The predicted octanol–water partition coefficient (Wildman–Crippen LogP) is 2.88. The Kier molecular flexibility index (Phi) is 2.90. The number of fused-ring (bicyclic) bond motifs is 1.